The molecular formula is C38H76O2. The van der Waals surface area contributed by atoms with Crippen LogP contribution in [0.25, 0.3) is 0 Å². The van der Waals surface area contributed by atoms with Gasteiger partial charge in [-0.05, 0) is 13.3 Å². The lowest BCUT2D eigenvalue weighted by Crippen LogP contribution is -2.03. The van der Waals surface area contributed by atoms with Gasteiger partial charge in [0.15, 0.2) is 0 Å². The fraction of sp³-hybridized carbons (Fsp3) is 0.974. The van der Waals surface area contributed by atoms with E-state index in [1.807, 2.05) is 6.92 Å². The minimum absolute atomic E-state index is 0.0248. The van der Waals surface area contributed by atoms with Crippen molar-refractivity contribution in [2.45, 2.75) is 232 Å². The SMILES string of the molecule is CCCCCCCCCCCCCCCCCCCCCCCCCCCCCCCCCCCC(=O)OCC. The normalized spacial score (nSPS) is 11.3. The molecule has 0 aliphatic carbocycles. The molecule has 0 saturated carbocycles. The number of hydrogen-bond donors (Lipinski definition) is 0. The minimum Gasteiger partial charge on any atom is -0.466 e. The number of ether oxygens (including phenoxy) is 1. The summed E-state index contributed by atoms with van der Waals surface area (Å²) < 4.78 is 4.97. The zero-order chi connectivity index (χ0) is 29.0. The Labute approximate surface area is 254 Å². The summed E-state index contributed by atoms with van der Waals surface area (Å²) in [6.07, 6.45) is 47.7. The molecule has 0 spiro atoms. The van der Waals surface area contributed by atoms with E-state index in [0.29, 0.717) is 13.0 Å². The summed E-state index contributed by atoms with van der Waals surface area (Å²) in [6, 6.07) is 0. The number of esters is 1. The predicted octanol–water partition coefficient (Wildman–Crippen LogP) is 13.8. The van der Waals surface area contributed by atoms with Crippen LogP contribution in [0.4, 0.5) is 0 Å². The van der Waals surface area contributed by atoms with Gasteiger partial charge in [0.1, 0.15) is 0 Å². The van der Waals surface area contributed by atoms with Crippen molar-refractivity contribution in [3.63, 3.8) is 0 Å². The van der Waals surface area contributed by atoms with Gasteiger partial charge in [0.05, 0.1) is 6.61 Å². The van der Waals surface area contributed by atoms with Gasteiger partial charge in [-0.1, -0.05) is 212 Å². The van der Waals surface area contributed by atoms with Gasteiger partial charge in [-0.3, -0.25) is 4.79 Å². The molecule has 0 fully saturated rings. The smallest absolute Gasteiger partial charge is 0.305 e. The van der Waals surface area contributed by atoms with Crippen molar-refractivity contribution in [2.75, 3.05) is 6.61 Å². The Bertz CT molecular complexity index is 460. The molecule has 0 aromatic rings. The highest BCUT2D eigenvalue weighted by atomic mass is 16.5. The van der Waals surface area contributed by atoms with Crippen LogP contribution in [-0.4, -0.2) is 12.6 Å². The third-order valence-corrected chi connectivity index (χ3v) is 8.79. The molecule has 0 atom stereocenters. The molecule has 0 rings (SSSR count). The first kappa shape index (κ1) is 39.5. The molecule has 0 bridgehead atoms. The number of unbranched alkanes of at least 4 members (excludes halogenated alkanes) is 32. The van der Waals surface area contributed by atoms with Gasteiger partial charge in [0.2, 0.25) is 0 Å². The molecule has 0 amide bonds. The van der Waals surface area contributed by atoms with E-state index < -0.39 is 0 Å². The predicted molar refractivity (Wildman–Crippen MR) is 179 cm³/mol. The van der Waals surface area contributed by atoms with Crippen molar-refractivity contribution in [2.24, 2.45) is 0 Å². The van der Waals surface area contributed by atoms with Crippen LogP contribution in [0.15, 0.2) is 0 Å². The molecule has 40 heavy (non-hydrogen) atoms. The van der Waals surface area contributed by atoms with Gasteiger partial charge >= 0.3 is 5.97 Å². The zero-order valence-electron chi connectivity index (χ0n) is 28.1. The van der Waals surface area contributed by atoms with E-state index in [1.165, 1.54) is 205 Å². The molecule has 0 saturated heterocycles. The summed E-state index contributed by atoms with van der Waals surface area (Å²) in [5.74, 6) is -0.0248. The molecule has 0 aromatic carbocycles. The maximum atomic E-state index is 11.3. The van der Waals surface area contributed by atoms with Gasteiger partial charge < -0.3 is 4.74 Å². The number of carbonyl (C=O) groups excluding carboxylic acids is 1. The molecule has 0 radical (unpaired) electrons. The summed E-state index contributed by atoms with van der Waals surface area (Å²) in [6.45, 7) is 4.69. The fourth-order valence-electron chi connectivity index (χ4n) is 6.06. The van der Waals surface area contributed by atoms with E-state index in [-0.39, 0.29) is 5.97 Å². The second-order valence-electron chi connectivity index (χ2n) is 12.9. The average molecular weight is 565 g/mol. The highest BCUT2D eigenvalue weighted by Crippen LogP contribution is 2.17. The van der Waals surface area contributed by atoms with Crippen LogP contribution in [0.1, 0.15) is 232 Å². The number of hydrogen-bond acceptors (Lipinski definition) is 2. The van der Waals surface area contributed by atoms with Crippen molar-refractivity contribution < 1.29 is 9.53 Å². The fourth-order valence-corrected chi connectivity index (χ4v) is 6.06. The van der Waals surface area contributed by atoms with Crippen LogP contribution in [-0.2, 0) is 9.53 Å². The van der Waals surface area contributed by atoms with Crippen LogP contribution in [0.2, 0.25) is 0 Å². The van der Waals surface area contributed by atoms with Gasteiger partial charge in [0.25, 0.3) is 0 Å². The Morgan fingerprint density at radius 3 is 0.725 bits per heavy atom. The first-order chi connectivity index (χ1) is 19.8. The monoisotopic (exact) mass is 565 g/mol. The number of carbonyl (C=O) groups is 1. The topological polar surface area (TPSA) is 26.3 Å². The molecular weight excluding hydrogens is 488 g/mol. The highest BCUT2D eigenvalue weighted by molar-refractivity contribution is 5.69. The second kappa shape index (κ2) is 36.5. The molecule has 240 valence electrons. The Balaban J connectivity index is 3.04. The molecule has 0 aliphatic rings. The zero-order valence-corrected chi connectivity index (χ0v) is 28.1. The minimum atomic E-state index is -0.0248. The summed E-state index contributed by atoms with van der Waals surface area (Å²) in [7, 11) is 0. The molecule has 0 aromatic heterocycles. The average Bonchev–Trinajstić information content (AvgIpc) is 2.95. The van der Waals surface area contributed by atoms with Crippen LogP contribution >= 0.6 is 0 Å². The van der Waals surface area contributed by atoms with E-state index in [9.17, 15) is 4.79 Å². The highest BCUT2D eigenvalue weighted by Gasteiger charge is 2.01. The van der Waals surface area contributed by atoms with Crippen molar-refractivity contribution in [3.05, 3.63) is 0 Å². The maximum absolute atomic E-state index is 11.3. The van der Waals surface area contributed by atoms with Crippen molar-refractivity contribution in [1.82, 2.24) is 0 Å². The largest absolute Gasteiger partial charge is 0.466 e. The Kier molecular flexibility index (Phi) is 36.0. The summed E-state index contributed by atoms with van der Waals surface area (Å²) in [5.41, 5.74) is 0. The second-order valence-corrected chi connectivity index (χ2v) is 12.9. The van der Waals surface area contributed by atoms with E-state index in [1.54, 1.807) is 0 Å². The standard InChI is InChI=1S/C38H76O2/c1-3-5-6-7-8-9-10-11-12-13-14-15-16-17-18-19-20-21-22-23-24-25-26-27-28-29-30-31-32-33-34-35-36-37-38(39)40-4-2/h3-37H2,1-2H3. The molecule has 0 unspecified atom stereocenters. The first-order valence-corrected chi connectivity index (χ1v) is 19.0. The molecule has 0 aliphatic heterocycles. The van der Waals surface area contributed by atoms with Gasteiger partial charge in [-0.2, -0.15) is 0 Å². The molecule has 2 heteroatoms. The Morgan fingerprint density at radius 1 is 0.325 bits per heavy atom. The summed E-state index contributed by atoms with van der Waals surface area (Å²) >= 11 is 0. The van der Waals surface area contributed by atoms with Crippen LogP contribution in [0.5, 0.6) is 0 Å². The third kappa shape index (κ3) is 35.5. The van der Waals surface area contributed by atoms with E-state index in [4.69, 9.17) is 4.74 Å². The van der Waals surface area contributed by atoms with Gasteiger partial charge in [-0.25, -0.2) is 0 Å². The van der Waals surface area contributed by atoms with E-state index >= 15 is 0 Å². The van der Waals surface area contributed by atoms with Gasteiger partial charge in [0, 0.05) is 6.42 Å². The molecule has 2 nitrogen and oxygen atoms in total. The lowest BCUT2D eigenvalue weighted by molar-refractivity contribution is -0.143. The van der Waals surface area contributed by atoms with Crippen LogP contribution in [0.3, 0.4) is 0 Å². The van der Waals surface area contributed by atoms with Crippen molar-refractivity contribution in [1.29, 1.82) is 0 Å². The van der Waals surface area contributed by atoms with Crippen molar-refractivity contribution >= 4 is 5.97 Å². The lowest BCUT2D eigenvalue weighted by atomic mass is 10.0. The van der Waals surface area contributed by atoms with Gasteiger partial charge in [-0.15, -0.1) is 0 Å². The Hall–Kier alpha value is -0.530. The summed E-state index contributed by atoms with van der Waals surface area (Å²) in [5, 5.41) is 0. The molecule has 0 heterocycles. The summed E-state index contributed by atoms with van der Waals surface area (Å²) in [4.78, 5) is 11.3. The van der Waals surface area contributed by atoms with Crippen LogP contribution < -0.4 is 0 Å². The van der Waals surface area contributed by atoms with E-state index in [2.05, 4.69) is 6.92 Å². The Morgan fingerprint density at radius 2 is 0.525 bits per heavy atom. The third-order valence-electron chi connectivity index (χ3n) is 8.79. The number of rotatable bonds is 35. The van der Waals surface area contributed by atoms with Crippen LogP contribution in [0, 0.1) is 0 Å². The van der Waals surface area contributed by atoms with E-state index in [0.717, 1.165) is 6.42 Å². The quantitative estimate of drug-likeness (QED) is 0.0565. The van der Waals surface area contributed by atoms with Crippen molar-refractivity contribution in [3.8, 4) is 0 Å². The maximum Gasteiger partial charge on any atom is 0.305 e. The molecule has 0 N–H and O–H groups in total. The lowest BCUT2D eigenvalue weighted by Gasteiger charge is -2.05. The first-order valence-electron chi connectivity index (χ1n) is 19.0.